The number of nitrogens with one attached hydrogen (secondary N) is 7. The Morgan fingerprint density at radius 3 is 1.69 bits per heavy atom. The van der Waals surface area contributed by atoms with Crippen molar-refractivity contribution >= 4 is 59.2 Å². The molecule has 1 heterocycles. The fraction of sp³-hybridized carbons (Fsp3) is 0.513. The Labute approximate surface area is 356 Å². The number of amides is 8. The van der Waals surface area contributed by atoms with Crippen LogP contribution in [0.4, 0.5) is 0 Å². The van der Waals surface area contributed by atoms with Gasteiger partial charge in [-0.15, -0.1) is 0 Å². The molecule has 0 saturated heterocycles. The number of aliphatic carboxylic acids is 2. The second-order valence-corrected chi connectivity index (χ2v) is 15.3. The van der Waals surface area contributed by atoms with Crippen LogP contribution < -0.4 is 49.1 Å². The smallest absolute Gasteiger partial charge is 0.326 e. The highest BCUT2D eigenvalue weighted by Gasteiger charge is 2.36. The highest BCUT2D eigenvalue weighted by molar-refractivity contribution is 5.99. The van der Waals surface area contributed by atoms with Gasteiger partial charge >= 0.3 is 11.9 Å². The van der Waals surface area contributed by atoms with Crippen molar-refractivity contribution in [3.8, 4) is 0 Å². The van der Waals surface area contributed by atoms with Crippen molar-refractivity contribution in [2.75, 3.05) is 0 Å². The van der Waals surface area contributed by atoms with Gasteiger partial charge in [0.1, 0.15) is 36.3 Å². The molecule has 340 valence electrons. The monoisotopic (exact) mass is 871 g/mol. The van der Waals surface area contributed by atoms with Crippen molar-refractivity contribution in [1.29, 1.82) is 0 Å². The number of hydrogen-bond acceptors (Lipinski definition) is 12. The molecule has 23 nitrogen and oxygen atoms in total. The van der Waals surface area contributed by atoms with Gasteiger partial charge in [0, 0.05) is 25.5 Å². The molecule has 23 heteroatoms. The van der Waals surface area contributed by atoms with Crippen molar-refractivity contribution in [3.63, 3.8) is 0 Å². The lowest BCUT2D eigenvalue weighted by Crippen LogP contribution is -2.61. The van der Waals surface area contributed by atoms with E-state index in [1.54, 1.807) is 30.3 Å². The summed E-state index contributed by atoms with van der Waals surface area (Å²) in [6.07, 6.45) is 0.0197. The van der Waals surface area contributed by atoms with Gasteiger partial charge in [0.05, 0.1) is 30.9 Å². The number of carbonyl (C=O) groups is 10. The Hall–Kier alpha value is -6.91. The molecule has 8 amide bonds. The molecule has 7 atom stereocenters. The standard InChI is InChI=1S/C39H57N11O12/c1-19(2)12-23(40)33(55)45-24(10-11-29(41)51)34(56)47-27(16-31(53)54)37(59)50-32(20(3)4)38(60)48-25(14-22-17-43-18-44-22)35(57)46-26(15-30(42)52)36(58)49-28(39(61)62)13-21-8-6-5-7-9-21/h5-9,17-20,23-28,32H,10-16,40H2,1-4H3,(H2,41,51)(H2,42,52)(H,43,44)(H,45,55)(H,46,57)(H,47,56)(H,48,60)(H,49,58)(H,50,59)(H,53,54)(H,61,62)/t23-,24+,25-,26+,27-,28-,32+/m1/s1. The molecule has 62 heavy (non-hydrogen) atoms. The van der Waals surface area contributed by atoms with Gasteiger partial charge in [-0.25, -0.2) is 9.78 Å². The zero-order chi connectivity index (χ0) is 46.7. The topological polar surface area (TPSA) is 390 Å². The Balaban J connectivity index is 2.35. The van der Waals surface area contributed by atoms with Crippen LogP contribution >= 0.6 is 0 Å². The maximum atomic E-state index is 13.9. The number of carboxylic acid groups (broad SMARTS) is 2. The normalized spacial score (nSPS) is 14.4. The number of nitrogens with zero attached hydrogens (tertiary/aromatic N) is 1. The van der Waals surface area contributed by atoms with E-state index in [9.17, 15) is 58.2 Å². The van der Waals surface area contributed by atoms with Gasteiger partial charge in [0.15, 0.2) is 0 Å². The van der Waals surface area contributed by atoms with Gasteiger partial charge in [0.25, 0.3) is 0 Å². The third kappa shape index (κ3) is 18.1. The number of H-pyrrole nitrogens is 1. The van der Waals surface area contributed by atoms with Crippen LogP contribution in [0.2, 0.25) is 0 Å². The van der Waals surface area contributed by atoms with Crippen molar-refractivity contribution in [2.24, 2.45) is 29.0 Å². The highest BCUT2D eigenvalue weighted by atomic mass is 16.4. The SMILES string of the molecule is CC(C)C[C@@H](N)C(=O)N[C@@H](CCC(N)=O)C(=O)N[C@H](CC(=O)O)C(=O)N[C@H](C(=O)N[C@H](Cc1c[nH]cn1)C(=O)N[C@@H](CC(N)=O)C(=O)N[C@H](Cc1ccccc1)C(=O)O)C(C)C. The average molecular weight is 872 g/mol. The molecule has 15 N–H and O–H groups in total. The number of carbonyl (C=O) groups excluding carboxylic acids is 8. The summed E-state index contributed by atoms with van der Waals surface area (Å²) < 4.78 is 0. The van der Waals surface area contributed by atoms with E-state index < -0.39 is 120 Å². The quantitative estimate of drug-likeness (QED) is 0.0422. The maximum Gasteiger partial charge on any atom is 0.326 e. The Bertz CT molecular complexity index is 1890. The van der Waals surface area contributed by atoms with E-state index in [4.69, 9.17) is 17.2 Å². The van der Waals surface area contributed by atoms with E-state index in [2.05, 4.69) is 41.9 Å². The predicted octanol–water partition coefficient (Wildman–Crippen LogP) is -3.17. The number of aromatic amines is 1. The Kier molecular flexibility index (Phi) is 20.7. The second kappa shape index (κ2) is 25.0. The fourth-order valence-electron chi connectivity index (χ4n) is 5.98. The first-order valence-corrected chi connectivity index (χ1v) is 19.7. The molecule has 2 rings (SSSR count). The summed E-state index contributed by atoms with van der Waals surface area (Å²) in [5, 5.41) is 33.6. The Morgan fingerprint density at radius 2 is 1.18 bits per heavy atom. The first-order valence-electron chi connectivity index (χ1n) is 19.7. The van der Waals surface area contributed by atoms with Crippen molar-refractivity contribution in [2.45, 2.75) is 115 Å². The van der Waals surface area contributed by atoms with Crippen LogP contribution in [0.1, 0.15) is 71.1 Å². The molecule has 0 aliphatic carbocycles. The molecule has 0 saturated carbocycles. The third-order valence-electron chi connectivity index (χ3n) is 9.17. The van der Waals surface area contributed by atoms with E-state index in [1.807, 2.05) is 13.8 Å². The number of primary amides is 2. The van der Waals surface area contributed by atoms with Gasteiger partial charge in [-0.3, -0.25) is 43.2 Å². The summed E-state index contributed by atoms with van der Waals surface area (Å²) >= 11 is 0. The minimum Gasteiger partial charge on any atom is -0.481 e. The number of hydrogen-bond donors (Lipinski definition) is 12. The van der Waals surface area contributed by atoms with E-state index in [0.29, 0.717) is 5.56 Å². The largest absolute Gasteiger partial charge is 0.481 e. The van der Waals surface area contributed by atoms with Gasteiger partial charge in [-0.2, -0.15) is 0 Å². The minimum atomic E-state index is -1.83. The van der Waals surface area contributed by atoms with E-state index in [1.165, 1.54) is 26.4 Å². The lowest BCUT2D eigenvalue weighted by molar-refractivity contribution is -0.143. The molecule has 2 aromatic rings. The number of benzene rings is 1. The van der Waals surface area contributed by atoms with Crippen LogP contribution in [0.5, 0.6) is 0 Å². The fourth-order valence-corrected chi connectivity index (χ4v) is 5.98. The molecule has 0 bridgehead atoms. The van der Waals surface area contributed by atoms with Crippen LogP contribution in [0.3, 0.4) is 0 Å². The maximum absolute atomic E-state index is 13.9. The van der Waals surface area contributed by atoms with Crippen LogP contribution in [0, 0.1) is 11.8 Å². The summed E-state index contributed by atoms with van der Waals surface area (Å²) in [5.74, 6) is -11.6. The molecule has 0 aliphatic heterocycles. The van der Waals surface area contributed by atoms with Crippen molar-refractivity contribution in [3.05, 3.63) is 54.1 Å². The first kappa shape index (κ1) is 51.2. The van der Waals surface area contributed by atoms with Crippen LogP contribution in [-0.4, -0.2) is 122 Å². The third-order valence-corrected chi connectivity index (χ3v) is 9.17. The van der Waals surface area contributed by atoms with Gasteiger partial charge in [-0.05, 0) is 30.2 Å². The molecule has 1 aromatic carbocycles. The zero-order valence-corrected chi connectivity index (χ0v) is 34.8. The number of rotatable bonds is 27. The number of imidazole rings is 1. The van der Waals surface area contributed by atoms with E-state index in [-0.39, 0.29) is 43.7 Å². The van der Waals surface area contributed by atoms with Crippen LogP contribution in [-0.2, 0) is 60.8 Å². The van der Waals surface area contributed by atoms with Crippen LogP contribution in [0.15, 0.2) is 42.9 Å². The summed E-state index contributed by atoms with van der Waals surface area (Å²) in [6, 6.07) is -2.25. The summed E-state index contributed by atoms with van der Waals surface area (Å²) in [5.41, 5.74) is 17.4. The van der Waals surface area contributed by atoms with Crippen molar-refractivity contribution < 1.29 is 58.2 Å². The molecular weight excluding hydrogens is 814 g/mol. The van der Waals surface area contributed by atoms with E-state index in [0.717, 1.165) is 0 Å². The summed E-state index contributed by atoms with van der Waals surface area (Å²) in [4.78, 5) is 135. The number of carboxylic acids is 2. The molecule has 0 unspecified atom stereocenters. The molecular formula is C39H57N11O12. The number of aromatic nitrogens is 2. The van der Waals surface area contributed by atoms with Crippen LogP contribution in [0.25, 0.3) is 0 Å². The Morgan fingerprint density at radius 1 is 0.645 bits per heavy atom. The molecule has 0 fully saturated rings. The molecule has 0 spiro atoms. The molecule has 1 aromatic heterocycles. The van der Waals surface area contributed by atoms with Gasteiger partial charge in [0.2, 0.25) is 47.3 Å². The van der Waals surface area contributed by atoms with Gasteiger partial charge in [-0.1, -0.05) is 58.0 Å². The molecule has 0 aliphatic rings. The minimum absolute atomic E-state index is 0.00698. The lowest BCUT2D eigenvalue weighted by Gasteiger charge is -2.28. The molecule has 0 radical (unpaired) electrons. The van der Waals surface area contributed by atoms with Crippen molar-refractivity contribution in [1.82, 2.24) is 41.9 Å². The lowest BCUT2D eigenvalue weighted by atomic mass is 10.0. The summed E-state index contributed by atoms with van der Waals surface area (Å²) in [7, 11) is 0. The highest BCUT2D eigenvalue weighted by Crippen LogP contribution is 2.10. The zero-order valence-electron chi connectivity index (χ0n) is 34.8. The predicted molar refractivity (Wildman–Crippen MR) is 218 cm³/mol. The second-order valence-electron chi connectivity index (χ2n) is 15.3. The van der Waals surface area contributed by atoms with Gasteiger partial charge < -0.3 is 64.3 Å². The average Bonchev–Trinajstić information content (AvgIpc) is 3.69. The summed E-state index contributed by atoms with van der Waals surface area (Å²) in [6.45, 7) is 6.65. The number of nitrogens with two attached hydrogens (primary N) is 3. The van der Waals surface area contributed by atoms with E-state index >= 15 is 0 Å². The first-order chi connectivity index (χ1) is 29.1.